The van der Waals surface area contributed by atoms with Gasteiger partial charge in [-0.25, -0.2) is 4.79 Å². The van der Waals surface area contributed by atoms with Crippen molar-refractivity contribution >= 4 is 25.6 Å². The lowest BCUT2D eigenvalue weighted by molar-refractivity contribution is -0.181. The molecule has 4 atom stereocenters. The van der Waals surface area contributed by atoms with Crippen molar-refractivity contribution in [3.8, 4) is 0 Å². The van der Waals surface area contributed by atoms with Gasteiger partial charge in [-0.05, 0) is 105 Å². The van der Waals surface area contributed by atoms with Gasteiger partial charge in [-0.15, -0.1) is 11.3 Å². The first-order chi connectivity index (χ1) is 18.1. The summed E-state index contributed by atoms with van der Waals surface area (Å²) >= 11 is 1.41. The predicted octanol–water partition coefficient (Wildman–Crippen LogP) is 9.98. The minimum absolute atomic E-state index is 0.0245. The van der Waals surface area contributed by atoms with E-state index in [0.29, 0.717) is 17.7 Å². The number of thiophene rings is 1. The fourth-order valence-corrected chi connectivity index (χ4v) is 8.61. The van der Waals surface area contributed by atoms with Crippen LogP contribution in [0.2, 0.25) is 18.1 Å². The van der Waals surface area contributed by atoms with Crippen molar-refractivity contribution in [3.05, 3.63) is 34.0 Å². The van der Waals surface area contributed by atoms with Gasteiger partial charge in [-0.3, -0.25) is 0 Å². The molecule has 3 nitrogen and oxygen atoms in total. The maximum atomic E-state index is 14.0. The molecule has 0 N–H and O–H groups in total. The van der Waals surface area contributed by atoms with Crippen molar-refractivity contribution in [2.75, 3.05) is 7.11 Å². The molecule has 0 bridgehead atoms. The molecule has 2 aliphatic carbocycles. The molecule has 0 amide bonds. The molecule has 2 unspecified atom stereocenters. The summed E-state index contributed by atoms with van der Waals surface area (Å²) in [6.45, 7) is 13.5. The molecular formula is C31H49F3O3SSi. The highest BCUT2D eigenvalue weighted by Gasteiger charge is 2.50. The van der Waals surface area contributed by atoms with E-state index in [0.717, 1.165) is 43.4 Å². The molecule has 8 heteroatoms. The summed E-state index contributed by atoms with van der Waals surface area (Å²) in [5.74, 6) is -2.07. The Morgan fingerprint density at radius 3 is 2.44 bits per heavy atom. The molecule has 0 radical (unpaired) electrons. The smallest absolute Gasteiger partial charge is 0.392 e. The Hall–Kier alpha value is -1.12. The number of carbonyl (C=O) groups is 1. The first kappa shape index (κ1) is 32.4. The Morgan fingerprint density at radius 1 is 1.21 bits per heavy atom. The molecule has 2 fully saturated rings. The fraction of sp³-hybridized carbons (Fsp3) is 0.774. The number of hydrogen-bond acceptors (Lipinski definition) is 4. The zero-order chi connectivity index (χ0) is 29.1. The number of methoxy groups -OCH3 is 1. The first-order valence-corrected chi connectivity index (χ1v) is 18.4. The normalized spacial score (nSPS) is 24.6. The van der Waals surface area contributed by atoms with Gasteiger partial charge in [0.25, 0.3) is 0 Å². The van der Waals surface area contributed by atoms with Gasteiger partial charge in [0.15, 0.2) is 8.32 Å². The highest BCUT2D eigenvalue weighted by atomic mass is 32.1. The molecule has 222 valence electrons. The number of halogens is 3. The van der Waals surface area contributed by atoms with Crippen LogP contribution in [0.15, 0.2) is 24.3 Å². The van der Waals surface area contributed by atoms with E-state index in [1.807, 2.05) is 18.2 Å². The first-order valence-electron chi connectivity index (χ1n) is 14.7. The molecule has 0 saturated heterocycles. The van der Waals surface area contributed by atoms with Gasteiger partial charge in [0.1, 0.15) is 4.88 Å². The van der Waals surface area contributed by atoms with Crippen LogP contribution in [0, 0.1) is 23.2 Å². The molecule has 0 aromatic carbocycles. The van der Waals surface area contributed by atoms with Crippen LogP contribution in [0.3, 0.4) is 0 Å². The van der Waals surface area contributed by atoms with E-state index in [1.54, 1.807) is 6.07 Å². The molecule has 3 rings (SSSR count). The van der Waals surface area contributed by atoms with Crippen molar-refractivity contribution in [3.63, 3.8) is 0 Å². The maximum Gasteiger partial charge on any atom is 0.392 e. The minimum atomic E-state index is -4.18. The van der Waals surface area contributed by atoms with E-state index < -0.39 is 26.3 Å². The third kappa shape index (κ3) is 7.79. The van der Waals surface area contributed by atoms with E-state index in [1.165, 1.54) is 24.9 Å². The van der Waals surface area contributed by atoms with Gasteiger partial charge >= 0.3 is 12.1 Å². The monoisotopic (exact) mass is 586 g/mol. The van der Waals surface area contributed by atoms with Crippen LogP contribution in [-0.4, -0.2) is 33.7 Å². The van der Waals surface area contributed by atoms with Gasteiger partial charge in [0.2, 0.25) is 0 Å². The summed E-state index contributed by atoms with van der Waals surface area (Å²) in [4.78, 5) is 13.4. The highest BCUT2D eigenvalue weighted by molar-refractivity contribution is 7.13. The summed E-state index contributed by atoms with van der Waals surface area (Å²) in [6.07, 6.45) is 8.25. The van der Waals surface area contributed by atoms with Gasteiger partial charge in [0.05, 0.1) is 19.1 Å². The number of hydrogen-bond donors (Lipinski definition) is 0. The van der Waals surface area contributed by atoms with Crippen molar-refractivity contribution in [2.24, 2.45) is 23.2 Å². The molecule has 2 aliphatic rings. The number of alkyl halides is 3. The lowest BCUT2D eigenvalue weighted by Crippen LogP contribution is -2.51. The average molecular weight is 587 g/mol. The van der Waals surface area contributed by atoms with E-state index >= 15 is 0 Å². The molecule has 1 aromatic heterocycles. The van der Waals surface area contributed by atoms with Crippen LogP contribution in [0.25, 0.3) is 0 Å². The van der Waals surface area contributed by atoms with Crippen LogP contribution in [0.1, 0.15) is 100 Å². The zero-order valence-electron chi connectivity index (χ0n) is 25.0. The van der Waals surface area contributed by atoms with Crippen molar-refractivity contribution in [1.29, 1.82) is 0 Å². The second-order valence-corrected chi connectivity index (χ2v) is 19.2. The lowest BCUT2D eigenvalue weighted by Gasteiger charge is -2.51. The molecule has 39 heavy (non-hydrogen) atoms. The Morgan fingerprint density at radius 2 is 1.90 bits per heavy atom. The number of ether oxygens (including phenoxy) is 1. The summed E-state index contributed by atoms with van der Waals surface area (Å²) in [5.41, 5.74) is 0.155. The molecule has 2 saturated carbocycles. The van der Waals surface area contributed by atoms with Crippen molar-refractivity contribution < 1.29 is 27.1 Å². The standard InChI is InChI=1S/C31H49F3O3SSi/c1-8-30(20-11-21-30)27(37-39(6,7)29(2,3)4)15-10-14-24-22(16-18-25(24)31(32,33)34)12-9-13-23-17-19-26(38-23)28(35)36-5/h10,14,17,19,22,24-25,27H,8-9,11-13,15-16,18,20-21H2,1-7H3/t22-,24+,25?,27?/m0/s1. The third-order valence-corrected chi connectivity index (χ3v) is 15.6. The van der Waals surface area contributed by atoms with Crippen LogP contribution in [0.4, 0.5) is 13.2 Å². The molecule has 1 heterocycles. The summed E-state index contributed by atoms with van der Waals surface area (Å²) in [5, 5.41) is 0.0890. The second kappa shape index (κ2) is 12.8. The van der Waals surface area contributed by atoms with E-state index in [-0.39, 0.29) is 34.9 Å². The minimum Gasteiger partial charge on any atom is -0.465 e. The van der Waals surface area contributed by atoms with Gasteiger partial charge in [-0.1, -0.05) is 46.3 Å². The summed E-state index contributed by atoms with van der Waals surface area (Å²) < 4.78 is 53.8. The quantitative estimate of drug-likeness (QED) is 0.139. The third-order valence-electron chi connectivity index (χ3n) is 10.0. The average Bonchev–Trinajstić information content (AvgIpc) is 3.44. The number of rotatable bonds is 12. The Kier molecular flexibility index (Phi) is 10.6. The Balaban J connectivity index is 1.70. The fourth-order valence-electron chi connectivity index (χ4n) is 6.23. The van der Waals surface area contributed by atoms with E-state index in [4.69, 9.17) is 9.16 Å². The largest absolute Gasteiger partial charge is 0.465 e. The zero-order valence-corrected chi connectivity index (χ0v) is 26.8. The van der Waals surface area contributed by atoms with Gasteiger partial charge in [-0.2, -0.15) is 13.2 Å². The van der Waals surface area contributed by atoms with Gasteiger partial charge in [0, 0.05) is 4.88 Å². The van der Waals surface area contributed by atoms with Crippen molar-refractivity contribution in [1.82, 2.24) is 0 Å². The Bertz CT molecular complexity index is 969. The summed E-state index contributed by atoms with van der Waals surface area (Å²) in [6, 6.07) is 3.69. The van der Waals surface area contributed by atoms with E-state index in [9.17, 15) is 18.0 Å². The van der Waals surface area contributed by atoms with Crippen molar-refractivity contribution in [2.45, 2.75) is 122 Å². The SMILES string of the molecule is CCC1(C(CC=C[C@H]2C(C(F)(F)F)CC[C@@H]2CCCc2ccc(C(=O)OC)s2)O[Si](C)(C)C(C)(C)C)CCC1. The second-order valence-electron chi connectivity index (χ2n) is 13.3. The van der Waals surface area contributed by atoms with Crippen LogP contribution in [0.5, 0.6) is 0 Å². The predicted molar refractivity (Wildman–Crippen MR) is 157 cm³/mol. The van der Waals surface area contributed by atoms with Crippen LogP contribution < -0.4 is 0 Å². The van der Waals surface area contributed by atoms with Crippen LogP contribution >= 0.6 is 11.3 Å². The number of allylic oxidation sites excluding steroid dienone is 1. The molecule has 1 aromatic rings. The van der Waals surface area contributed by atoms with Gasteiger partial charge < -0.3 is 9.16 Å². The maximum absolute atomic E-state index is 14.0. The van der Waals surface area contributed by atoms with E-state index in [2.05, 4.69) is 40.8 Å². The highest BCUT2D eigenvalue weighted by Crippen LogP contribution is 2.52. The molecule has 0 spiro atoms. The Labute approximate surface area is 239 Å². The topological polar surface area (TPSA) is 35.5 Å². The molecular weight excluding hydrogens is 537 g/mol. The number of carbonyl (C=O) groups excluding carboxylic acids is 1. The number of aryl methyl sites for hydroxylation is 1. The number of esters is 1. The summed E-state index contributed by atoms with van der Waals surface area (Å²) in [7, 11) is -0.651. The lowest BCUT2D eigenvalue weighted by atomic mass is 9.63. The van der Waals surface area contributed by atoms with Crippen LogP contribution in [-0.2, 0) is 15.6 Å². The molecule has 0 aliphatic heterocycles.